The Morgan fingerprint density at radius 2 is 1.79 bits per heavy atom. The van der Waals surface area contributed by atoms with Crippen molar-refractivity contribution in [3.63, 3.8) is 0 Å². The molecular weight excluding hydrogens is 174 g/mol. The minimum atomic E-state index is 0.342. The van der Waals surface area contributed by atoms with E-state index in [1.807, 2.05) is 0 Å². The van der Waals surface area contributed by atoms with Crippen LogP contribution in [-0.2, 0) is 0 Å². The minimum Gasteiger partial charge on any atom is -0.396 e. The normalized spacial score (nSPS) is 37.3. The molecule has 82 valence electrons. The van der Waals surface area contributed by atoms with Gasteiger partial charge in [0.15, 0.2) is 0 Å². The van der Waals surface area contributed by atoms with Crippen LogP contribution in [0.25, 0.3) is 0 Å². The molecule has 1 N–H and O–H groups in total. The summed E-state index contributed by atoms with van der Waals surface area (Å²) < 4.78 is 0. The zero-order chi connectivity index (χ0) is 10.3. The summed E-state index contributed by atoms with van der Waals surface area (Å²) >= 11 is 0. The number of aliphatic hydroxyl groups is 1. The van der Waals surface area contributed by atoms with Crippen molar-refractivity contribution in [1.82, 2.24) is 4.90 Å². The molecule has 0 aromatic carbocycles. The van der Waals surface area contributed by atoms with Crippen LogP contribution in [0.4, 0.5) is 0 Å². The summed E-state index contributed by atoms with van der Waals surface area (Å²) in [6, 6.07) is 0. The molecule has 0 aromatic rings. The Morgan fingerprint density at radius 3 is 2.21 bits per heavy atom. The van der Waals surface area contributed by atoms with Crippen LogP contribution in [0.15, 0.2) is 0 Å². The first-order valence-electron chi connectivity index (χ1n) is 5.87. The molecule has 1 saturated heterocycles. The SMILES string of the molecule is CC(C)(C)[C@@H]1C2CN(CCCO)C[C@H]21. The number of hydrogen-bond donors (Lipinski definition) is 1. The summed E-state index contributed by atoms with van der Waals surface area (Å²) in [5, 5.41) is 8.76. The fraction of sp³-hybridized carbons (Fsp3) is 1.00. The lowest BCUT2D eigenvalue weighted by atomic mass is 9.87. The van der Waals surface area contributed by atoms with E-state index in [4.69, 9.17) is 5.11 Å². The topological polar surface area (TPSA) is 23.5 Å². The molecule has 2 rings (SSSR count). The molecular formula is C12H23NO. The number of fused-ring (bicyclic) bond motifs is 1. The highest BCUT2D eigenvalue weighted by Crippen LogP contribution is 2.59. The molecule has 14 heavy (non-hydrogen) atoms. The number of aliphatic hydroxyl groups excluding tert-OH is 1. The zero-order valence-corrected chi connectivity index (χ0v) is 9.66. The molecule has 2 fully saturated rings. The minimum absolute atomic E-state index is 0.342. The second kappa shape index (κ2) is 3.49. The van der Waals surface area contributed by atoms with Crippen molar-refractivity contribution in [2.24, 2.45) is 23.2 Å². The van der Waals surface area contributed by atoms with Crippen LogP contribution in [0, 0.1) is 23.2 Å². The van der Waals surface area contributed by atoms with E-state index in [1.165, 1.54) is 13.1 Å². The van der Waals surface area contributed by atoms with E-state index in [1.54, 1.807) is 0 Å². The Kier molecular flexibility index (Phi) is 2.61. The Labute approximate surface area is 87.3 Å². The van der Waals surface area contributed by atoms with Crippen molar-refractivity contribution in [2.45, 2.75) is 27.2 Å². The van der Waals surface area contributed by atoms with Crippen molar-refractivity contribution in [3.05, 3.63) is 0 Å². The molecule has 1 heterocycles. The average molecular weight is 197 g/mol. The molecule has 2 nitrogen and oxygen atoms in total. The van der Waals surface area contributed by atoms with Crippen LogP contribution in [-0.4, -0.2) is 36.2 Å². The molecule has 0 aromatic heterocycles. The quantitative estimate of drug-likeness (QED) is 0.743. The maximum absolute atomic E-state index is 8.76. The molecule has 0 bridgehead atoms. The first-order chi connectivity index (χ1) is 6.54. The molecule has 3 atom stereocenters. The van der Waals surface area contributed by atoms with Gasteiger partial charge in [-0.15, -0.1) is 0 Å². The Hall–Kier alpha value is -0.0800. The van der Waals surface area contributed by atoms with Gasteiger partial charge in [0.25, 0.3) is 0 Å². The van der Waals surface area contributed by atoms with Gasteiger partial charge in [-0.3, -0.25) is 0 Å². The lowest BCUT2D eigenvalue weighted by Crippen LogP contribution is -2.29. The van der Waals surface area contributed by atoms with Crippen molar-refractivity contribution in [2.75, 3.05) is 26.2 Å². The van der Waals surface area contributed by atoms with Gasteiger partial charge in [0.05, 0.1) is 0 Å². The molecule has 1 aliphatic heterocycles. The maximum Gasteiger partial charge on any atom is 0.0443 e. The summed E-state index contributed by atoms with van der Waals surface area (Å²) in [6.45, 7) is 11.1. The van der Waals surface area contributed by atoms with Gasteiger partial charge < -0.3 is 10.0 Å². The second-order valence-corrected chi connectivity index (χ2v) is 6.06. The monoisotopic (exact) mass is 197 g/mol. The predicted molar refractivity (Wildman–Crippen MR) is 58.1 cm³/mol. The molecule has 2 aliphatic rings. The standard InChI is InChI=1S/C12H23NO/c1-12(2,3)11-9-7-13(5-4-6-14)8-10(9)11/h9-11,14H,4-8H2,1-3H3/t9-,10?,11+/m1/s1. The summed E-state index contributed by atoms with van der Waals surface area (Å²) in [5.74, 6) is 2.90. The van der Waals surface area contributed by atoms with Crippen molar-refractivity contribution in [1.29, 1.82) is 0 Å². The van der Waals surface area contributed by atoms with Gasteiger partial charge in [-0.05, 0) is 29.6 Å². The summed E-state index contributed by atoms with van der Waals surface area (Å²) in [6.07, 6.45) is 0.944. The number of hydrogen-bond acceptors (Lipinski definition) is 2. The summed E-state index contributed by atoms with van der Waals surface area (Å²) in [5.41, 5.74) is 0.512. The van der Waals surface area contributed by atoms with E-state index in [0.717, 1.165) is 30.7 Å². The number of nitrogens with zero attached hydrogens (tertiary/aromatic N) is 1. The van der Waals surface area contributed by atoms with Gasteiger partial charge in [-0.2, -0.15) is 0 Å². The van der Waals surface area contributed by atoms with E-state index >= 15 is 0 Å². The van der Waals surface area contributed by atoms with E-state index < -0.39 is 0 Å². The highest BCUT2D eigenvalue weighted by Gasteiger charge is 2.59. The zero-order valence-electron chi connectivity index (χ0n) is 9.66. The van der Waals surface area contributed by atoms with Gasteiger partial charge in [0.1, 0.15) is 0 Å². The summed E-state index contributed by atoms with van der Waals surface area (Å²) in [7, 11) is 0. The van der Waals surface area contributed by atoms with Gasteiger partial charge in [0.2, 0.25) is 0 Å². The molecule has 0 amide bonds. The predicted octanol–water partition coefficient (Wildman–Crippen LogP) is 1.59. The van der Waals surface area contributed by atoms with Gasteiger partial charge in [-0.25, -0.2) is 0 Å². The van der Waals surface area contributed by atoms with E-state index in [0.29, 0.717) is 12.0 Å². The molecule has 0 radical (unpaired) electrons. The highest BCUT2D eigenvalue weighted by atomic mass is 16.3. The third-order valence-electron chi connectivity index (χ3n) is 3.90. The average Bonchev–Trinajstić information content (AvgIpc) is 2.62. The van der Waals surface area contributed by atoms with Crippen molar-refractivity contribution in [3.8, 4) is 0 Å². The molecule has 1 saturated carbocycles. The van der Waals surface area contributed by atoms with Crippen molar-refractivity contribution < 1.29 is 5.11 Å². The third kappa shape index (κ3) is 1.82. The van der Waals surface area contributed by atoms with E-state index in [9.17, 15) is 0 Å². The fourth-order valence-corrected chi connectivity index (χ4v) is 3.38. The molecule has 0 spiro atoms. The Bertz CT molecular complexity index is 197. The van der Waals surface area contributed by atoms with Crippen LogP contribution < -0.4 is 0 Å². The summed E-state index contributed by atoms with van der Waals surface area (Å²) in [4.78, 5) is 2.52. The van der Waals surface area contributed by atoms with Crippen LogP contribution in [0.1, 0.15) is 27.2 Å². The first kappa shape index (κ1) is 10.4. The van der Waals surface area contributed by atoms with Crippen LogP contribution in [0.3, 0.4) is 0 Å². The van der Waals surface area contributed by atoms with Crippen LogP contribution >= 0.6 is 0 Å². The van der Waals surface area contributed by atoms with Crippen LogP contribution in [0.5, 0.6) is 0 Å². The maximum atomic E-state index is 8.76. The van der Waals surface area contributed by atoms with Gasteiger partial charge in [-0.1, -0.05) is 20.8 Å². The van der Waals surface area contributed by atoms with E-state index in [-0.39, 0.29) is 0 Å². The molecule has 1 aliphatic carbocycles. The molecule has 1 unspecified atom stereocenters. The first-order valence-corrected chi connectivity index (χ1v) is 5.87. The number of likely N-dealkylation sites (tertiary alicyclic amines) is 1. The highest BCUT2D eigenvalue weighted by molar-refractivity contribution is 5.08. The Balaban J connectivity index is 1.76. The third-order valence-corrected chi connectivity index (χ3v) is 3.90. The lowest BCUT2D eigenvalue weighted by Gasteiger charge is -2.25. The number of rotatable bonds is 3. The van der Waals surface area contributed by atoms with Gasteiger partial charge >= 0.3 is 0 Å². The number of piperidine rings is 1. The van der Waals surface area contributed by atoms with E-state index in [2.05, 4.69) is 25.7 Å². The van der Waals surface area contributed by atoms with Crippen molar-refractivity contribution >= 4 is 0 Å². The fourth-order valence-electron chi connectivity index (χ4n) is 3.38. The second-order valence-electron chi connectivity index (χ2n) is 6.06. The Morgan fingerprint density at radius 1 is 1.21 bits per heavy atom. The molecule has 2 heteroatoms. The largest absolute Gasteiger partial charge is 0.396 e. The lowest BCUT2D eigenvalue weighted by molar-refractivity contribution is 0.203. The van der Waals surface area contributed by atoms with Gasteiger partial charge in [0, 0.05) is 26.2 Å². The smallest absolute Gasteiger partial charge is 0.0443 e. The van der Waals surface area contributed by atoms with Crippen LogP contribution in [0.2, 0.25) is 0 Å².